The van der Waals surface area contributed by atoms with E-state index < -0.39 is 11.9 Å². The highest BCUT2D eigenvalue weighted by molar-refractivity contribution is 5.65. The van der Waals surface area contributed by atoms with Gasteiger partial charge in [-0.3, -0.25) is 0 Å². The summed E-state index contributed by atoms with van der Waals surface area (Å²) in [5, 5.41) is 14.2. The van der Waals surface area contributed by atoms with E-state index in [-0.39, 0.29) is 17.9 Å². The number of amides is 1. The SMILES string of the molecule is O=C(O)NC1CCCCC1Nc1ncccc1F. The van der Waals surface area contributed by atoms with Crippen LogP contribution in [0.4, 0.5) is 15.0 Å². The molecule has 1 aromatic rings. The summed E-state index contributed by atoms with van der Waals surface area (Å²) in [4.78, 5) is 14.6. The Morgan fingerprint density at radius 3 is 2.78 bits per heavy atom. The smallest absolute Gasteiger partial charge is 0.404 e. The maximum atomic E-state index is 13.5. The van der Waals surface area contributed by atoms with Crippen LogP contribution in [0, 0.1) is 5.82 Å². The van der Waals surface area contributed by atoms with Crippen LogP contribution in [0.15, 0.2) is 18.3 Å². The van der Waals surface area contributed by atoms with E-state index in [0.717, 1.165) is 25.7 Å². The molecule has 1 aliphatic rings. The minimum atomic E-state index is -1.05. The molecule has 0 saturated heterocycles. The first-order valence-electron chi connectivity index (χ1n) is 6.03. The molecule has 18 heavy (non-hydrogen) atoms. The van der Waals surface area contributed by atoms with Gasteiger partial charge in [0.1, 0.15) is 0 Å². The van der Waals surface area contributed by atoms with Gasteiger partial charge in [0.2, 0.25) is 0 Å². The van der Waals surface area contributed by atoms with Crippen molar-refractivity contribution in [2.45, 2.75) is 37.8 Å². The highest BCUT2D eigenvalue weighted by Gasteiger charge is 2.27. The number of hydrogen-bond donors (Lipinski definition) is 3. The van der Waals surface area contributed by atoms with E-state index in [0.29, 0.717) is 0 Å². The first-order chi connectivity index (χ1) is 8.66. The van der Waals surface area contributed by atoms with Gasteiger partial charge in [0.25, 0.3) is 0 Å². The van der Waals surface area contributed by atoms with Gasteiger partial charge in [-0.15, -0.1) is 0 Å². The van der Waals surface area contributed by atoms with Crippen molar-refractivity contribution in [1.29, 1.82) is 0 Å². The number of nitrogens with one attached hydrogen (secondary N) is 2. The van der Waals surface area contributed by atoms with E-state index in [4.69, 9.17) is 5.11 Å². The van der Waals surface area contributed by atoms with Gasteiger partial charge < -0.3 is 15.7 Å². The van der Waals surface area contributed by atoms with Gasteiger partial charge in [-0.1, -0.05) is 12.8 Å². The summed E-state index contributed by atoms with van der Waals surface area (Å²) in [7, 11) is 0. The number of halogens is 1. The Hall–Kier alpha value is -1.85. The van der Waals surface area contributed by atoms with E-state index >= 15 is 0 Å². The molecule has 1 aromatic heterocycles. The lowest BCUT2D eigenvalue weighted by Crippen LogP contribution is -2.48. The van der Waals surface area contributed by atoms with Crippen LogP contribution < -0.4 is 10.6 Å². The molecule has 2 rings (SSSR count). The predicted octanol–water partition coefficient (Wildman–Crippen LogP) is 2.21. The van der Waals surface area contributed by atoms with E-state index in [1.165, 1.54) is 18.3 Å². The first-order valence-corrected chi connectivity index (χ1v) is 6.03. The Kier molecular flexibility index (Phi) is 3.96. The molecule has 6 heteroatoms. The van der Waals surface area contributed by atoms with Gasteiger partial charge in [-0.25, -0.2) is 14.2 Å². The first kappa shape index (κ1) is 12.6. The second-order valence-electron chi connectivity index (χ2n) is 4.43. The average Bonchev–Trinajstić information content (AvgIpc) is 2.34. The molecule has 5 nitrogen and oxygen atoms in total. The number of pyridine rings is 1. The van der Waals surface area contributed by atoms with Crippen molar-refractivity contribution < 1.29 is 14.3 Å². The fourth-order valence-electron chi connectivity index (χ4n) is 2.30. The largest absolute Gasteiger partial charge is 0.465 e. The van der Waals surface area contributed by atoms with Crippen LogP contribution in [0.3, 0.4) is 0 Å². The molecule has 2 unspecified atom stereocenters. The maximum absolute atomic E-state index is 13.5. The molecule has 1 saturated carbocycles. The summed E-state index contributed by atoms with van der Waals surface area (Å²) in [6.45, 7) is 0. The van der Waals surface area contributed by atoms with Crippen LogP contribution in [-0.2, 0) is 0 Å². The molecule has 0 radical (unpaired) electrons. The molecule has 0 aromatic carbocycles. The minimum Gasteiger partial charge on any atom is -0.465 e. The lowest BCUT2D eigenvalue weighted by Gasteiger charge is -2.32. The quantitative estimate of drug-likeness (QED) is 0.772. The number of anilines is 1. The lowest BCUT2D eigenvalue weighted by molar-refractivity contribution is 0.184. The lowest BCUT2D eigenvalue weighted by atomic mass is 9.90. The monoisotopic (exact) mass is 253 g/mol. The molecule has 0 bridgehead atoms. The Balaban J connectivity index is 2.05. The third-order valence-corrected chi connectivity index (χ3v) is 3.16. The van der Waals surface area contributed by atoms with Gasteiger partial charge in [0.15, 0.2) is 11.6 Å². The molecule has 0 aliphatic heterocycles. The molecule has 0 spiro atoms. The third kappa shape index (κ3) is 3.09. The second-order valence-corrected chi connectivity index (χ2v) is 4.43. The Bertz CT molecular complexity index is 428. The minimum absolute atomic E-state index is 0.112. The number of aromatic nitrogens is 1. The summed E-state index contributed by atoms with van der Waals surface area (Å²) >= 11 is 0. The topological polar surface area (TPSA) is 74.2 Å². The van der Waals surface area contributed by atoms with Crippen molar-refractivity contribution in [2.75, 3.05) is 5.32 Å². The second kappa shape index (κ2) is 5.66. The number of rotatable bonds is 3. The molecule has 1 aliphatic carbocycles. The van der Waals surface area contributed by atoms with Crippen molar-refractivity contribution in [3.8, 4) is 0 Å². The summed E-state index contributed by atoms with van der Waals surface area (Å²) in [6.07, 6.45) is 4.01. The summed E-state index contributed by atoms with van der Waals surface area (Å²) < 4.78 is 13.5. The van der Waals surface area contributed by atoms with E-state index in [1.807, 2.05) is 0 Å². The van der Waals surface area contributed by atoms with Crippen molar-refractivity contribution in [3.05, 3.63) is 24.1 Å². The Morgan fingerprint density at radius 2 is 2.11 bits per heavy atom. The molecular weight excluding hydrogens is 237 g/mol. The molecule has 3 N–H and O–H groups in total. The standard InChI is InChI=1S/C12H16FN3O2/c13-8-4-3-7-14-11(8)15-9-5-1-2-6-10(9)16-12(17)18/h3-4,7,9-10,16H,1-2,5-6H2,(H,14,15)(H,17,18). The number of hydrogen-bond acceptors (Lipinski definition) is 3. The molecule has 98 valence electrons. The molecular formula is C12H16FN3O2. The maximum Gasteiger partial charge on any atom is 0.404 e. The molecule has 1 amide bonds. The molecule has 1 heterocycles. The van der Waals surface area contributed by atoms with E-state index in [2.05, 4.69) is 15.6 Å². The van der Waals surface area contributed by atoms with Crippen LogP contribution in [0.1, 0.15) is 25.7 Å². The highest BCUT2D eigenvalue weighted by atomic mass is 19.1. The number of carbonyl (C=O) groups is 1. The van der Waals surface area contributed by atoms with E-state index in [1.54, 1.807) is 0 Å². The zero-order valence-corrected chi connectivity index (χ0v) is 9.90. The zero-order chi connectivity index (χ0) is 13.0. The van der Waals surface area contributed by atoms with E-state index in [9.17, 15) is 9.18 Å². The predicted molar refractivity (Wildman–Crippen MR) is 65.0 cm³/mol. The fraction of sp³-hybridized carbons (Fsp3) is 0.500. The third-order valence-electron chi connectivity index (χ3n) is 3.16. The fourth-order valence-corrected chi connectivity index (χ4v) is 2.30. The van der Waals surface area contributed by atoms with Crippen molar-refractivity contribution in [3.63, 3.8) is 0 Å². The van der Waals surface area contributed by atoms with Crippen molar-refractivity contribution in [1.82, 2.24) is 10.3 Å². The number of nitrogens with zero attached hydrogens (tertiary/aromatic N) is 1. The van der Waals surface area contributed by atoms with Gasteiger partial charge in [-0.05, 0) is 25.0 Å². The highest BCUT2D eigenvalue weighted by Crippen LogP contribution is 2.22. The molecule has 1 fully saturated rings. The van der Waals surface area contributed by atoms with Gasteiger partial charge in [0.05, 0.1) is 6.04 Å². The van der Waals surface area contributed by atoms with Gasteiger partial charge in [-0.2, -0.15) is 0 Å². The average molecular weight is 253 g/mol. The van der Waals surface area contributed by atoms with Crippen LogP contribution in [0.5, 0.6) is 0 Å². The molecule has 2 atom stereocenters. The van der Waals surface area contributed by atoms with Crippen molar-refractivity contribution in [2.24, 2.45) is 0 Å². The Morgan fingerprint density at radius 1 is 1.39 bits per heavy atom. The number of carboxylic acid groups (broad SMARTS) is 1. The summed E-state index contributed by atoms with van der Waals surface area (Å²) in [5.74, 6) is -0.237. The summed E-state index contributed by atoms with van der Waals surface area (Å²) in [5.41, 5.74) is 0. The van der Waals surface area contributed by atoms with Crippen LogP contribution in [0.25, 0.3) is 0 Å². The van der Waals surface area contributed by atoms with Gasteiger partial charge in [0, 0.05) is 12.2 Å². The van der Waals surface area contributed by atoms with Gasteiger partial charge >= 0.3 is 6.09 Å². The Labute approximate surface area is 104 Å². The van der Waals surface area contributed by atoms with Crippen LogP contribution in [0.2, 0.25) is 0 Å². The van der Waals surface area contributed by atoms with Crippen molar-refractivity contribution >= 4 is 11.9 Å². The van der Waals surface area contributed by atoms with Crippen LogP contribution >= 0.6 is 0 Å². The van der Waals surface area contributed by atoms with Crippen LogP contribution in [-0.4, -0.2) is 28.3 Å². The normalized spacial score (nSPS) is 23.4. The summed E-state index contributed by atoms with van der Waals surface area (Å²) in [6, 6.07) is 2.54. The zero-order valence-electron chi connectivity index (χ0n) is 9.90.